The highest BCUT2D eigenvalue weighted by molar-refractivity contribution is 9.11. The van der Waals surface area contributed by atoms with E-state index in [0.717, 1.165) is 45.7 Å². The molecule has 1 aromatic carbocycles. The zero-order chi connectivity index (χ0) is 16.9. The smallest absolute Gasteiger partial charge is 0.165 e. The van der Waals surface area contributed by atoms with E-state index >= 15 is 0 Å². The Bertz CT molecular complexity index is 1030. The Hall–Kier alpha value is -1.31. The summed E-state index contributed by atoms with van der Waals surface area (Å²) in [6, 6.07) is 0. The third kappa shape index (κ3) is 1.70. The molecule has 1 aromatic rings. The molecule has 1 saturated heterocycles. The van der Waals surface area contributed by atoms with Gasteiger partial charge in [-0.05, 0) is 24.8 Å². The van der Waals surface area contributed by atoms with Gasteiger partial charge in [-0.3, -0.25) is 9.98 Å². The molecule has 2 bridgehead atoms. The zero-order valence-electron chi connectivity index (χ0n) is 13.3. The molecule has 1 spiro atoms. The lowest BCUT2D eigenvalue weighted by molar-refractivity contribution is 0.189. The molecule has 6 rings (SSSR count). The average Bonchev–Trinajstić information content (AvgIpc) is 3.13. The van der Waals surface area contributed by atoms with Gasteiger partial charge in [-0.25, -0.2) is 0 Å². The van der Waals surface area contributed by atoms with Gasteiger partial charge in [0.05, 0.1) is 22.5 Å². The lowest BCUT2D eigenvalue weighted by Gasteiger charge is -2.41. The summed E-state index contributed by atoms with van der Waals surface area (Å²) in [4.78, 5) is 9.35. The second-order valence-corrected chi connectivity index (χ2v) is 9.69. The van der Waals surface area contributed by atoms with Gasteiger partial charge < -0.3 is 15.5 Å². The van der Waals surface area contributed by atoms with Crippen LogP contribution in [0.2, 0.25) is 0 Å². The molecule has 5 aliphatic rings. The van der Waals surface area contributed by atoms with Crippen LogP contribution in [0.1, 0.15) is 24.8 Å². The molecule has 4 atom stereocenters. The second kappa shape index (κ2) is 4.69. The first-order chi connectivity index (χ1) is 12.1. The van der Waals surface area contributed by atoms with E-state index in [1.807, 2.05) is 18.0 Å². The predicted molar refractivity (Wildman–Crippen MR) is 103 cm³/mol. The minimum atomic E-state index is -0.451. The summed E-state index contributed by atoms with van der Waals surface area (Å²) in [5.41, 5.74) is 3.53. The van der Waals surface area contributed by atoms with Gasteiger partial charge in [-0.2, -0.15) is 0 Å². The molecule has 0 saturated carbocycles. The predicted octanol–water partition coefficient (Wildman–Crippen LogP) is 1.82. The Kier molecular flexibility index (Phi) is 2.78. The topological polar surface area (TPSA) is 77.2 Å². The summed E-state index contributed by atoms with van der Waals surface area (Å²) in [6.45, 7) is 0.760. The van der Waals surface area contributed by atoms with Crippen molar-refractivity contribution in [3.05, 3.63) is 26.7 Å². The van der Waals surface area contributed by atoms with Crippen molar-refractivity contribution >= 4 is 50.9 Å². The number of anilines is 1. The molecular weight excluding hydrogens is 402 g/mol. The Morgan fingerprint density at radius 1 is 1.40 bits per heavy atom. The lowest BCUT2D eigenvalue weighted by atomic mass is 9.67. The van der Waals surface area contributed by atoms with Crippen LogP contribution in [0.15, 0.2) is 20.5 Å². The van der Waals surface area contributed by atoms with Gasteiger partial charge in [0.2, 0.25) is 0 Å². The minimum Gasteiger partial charge on any atom is -0.504 e. The first kappa shape index (κ1) is 14.8. The van der Waals surface area contributed by atoms with Gasteiger partial charge in [-0.15, -0.1) is 11.8 Å². The first-order valence-corrected chi connectivity index (χ1v) is 10.3. The fourth-order valence-electron chi connectivity index (χ4n) is 5.04. The number of halogens is 1. The molecule has 25 heavy (non-hydrogen) atoms. The van der Waals surface area contributed by atoms with Crippen molar-refractivity contribution in [1.29, 1.82) is 0 Å². The van der Waals surface area contributed by atoms with Gasteiger partial charge in [0.1, 0.15) is 5.69 Å². The number of aliphatic imine (C=N–C) groups is 1. The Balaban J connectivity index is 1.77. The van der Waals surface area contributed by atoms with Crippen LogP contribution in [-0.4, -0.2) is 39.7 Å². The van der Waals surface area contributed by atoms with Crippen LogP contribution in [0.4, 0.5) is 11.4 Å². The molecule has 0 amide bonds. The third-order valence-electron chi connectivity index (χ3n) is 6.09. The maximum Gasteiger partial charge on any atom is 0.165 e. The number of thioether (sulfide) groups is 1. The summed E-state index contributed by atoms with van der Waals surface area (Å²) >= 11 is 5.44. The second-order valence-electron chi connectivity index (χ2n) is 7.37. The van der Waals surface area contributed by atoms with Gasteiger partial charge in [0, 0.05) is 38.7 Å². The maximum atomic E-state index is 11.0. The standard InChI is InChI=1S/C18H16BrN3O2S/c19-8-4-18-5-11(25-10(18)3-9(8)23)22-16-13(18)14-12-7(1-2-20-14)6-21-15(12)17(16)24/h4,6,9-11,22-24H,1-3,5H2/t9-,10-,11+,18+/m1/s1. The van der Waals surface area contributed by atoms with Crippen LogP contribution < -0.4 is 15.9 Å². The van der Waals surface area contributed by atoms with Crippen molar-refractivity contribution in [2.24, 2.45) is 9.98 Å². The number of aromatic hydroxyl groups is 1. The van der Waals surface area contributed by atoms with Gasteiger partial charge >= 0.3 is 0 Å². The normalized spacial score (nSPS) is 36.2. The van der Waals surface area contributed by atoms with Crippen LogP contribution >= 0.6 is 27.7 Å². The summed E-state index contributed by atoms with van der Waals surface area (Å²) in [6.07, 6.45) is 6.15. The summed E-state index contributed by atoms with van der Waals surface area (Å²) in [5, 5.41) is 27.3. The fraction of sp³-hybridized carbons (Fsp3) is 0.444. The Morgan fingerprint density at radius 2 is 2.28 bits per heavy atom. The van der Waals surface area contributed by atoms with Crippen LogP contribution in [0.3, 0.4) is 0 Å². The number of aliphatic hydroxyl groups is 1. The Labute approximate surface area is 156 Å². The fourth-order valence-corrected chi connectivity index (χ4v) is 7.41. The summed E-state index contributed by atoms with van der Waals surface area (Å²) in [7, 11) is 0. The molecule has 5 nitrogen and oxygen atoms in total. The monoisotopic (exact) mass is 417 g/mol. The summed E-state index contributed by atoms with van der Waals surface area (Å²) in [5.74, 6) is 0.248. The molecular formula is C18H16BrN3O2S. The van der Waals surface area contributed by atoms with Crippen molar-refractivity contribution in [3.63, 3.8) is 0 Å². The van der Waals surface area contributed by atoms with Crippen LogP contribution in [0.25, 0.3) is 5.57 Å². The number of nitrogens with zero attached hydrogens (tertiary/aromatic N) is 2. The number of phenols is 1. The molecule has 1 fully saturated rings. The molecule has 7 heteroatoms. The van der Waals surface area contributed by atoms with Gasteiger partial charge in [0.25, 0.3) is 0 Å². The van der Waals surface area contributed by atoms with E-state index in [1.54, 1.807) is 0 Å². The molecule has 0 radical (unpaired) electrons. The molecule has 128 valence electrons. The number of nitrogens with one attached hydrogen (secondary N) is 1. The van der Waals surface area contributed by atoms with E-state index in [1.165, 1.54) is 5.57 Å². The van der Waals surface area contributed by atoms with E-state index in [-0.39, 0.29) is 21.8 Å². The number of aliphatic hydroxyl groups excluding tert-OH is 1. The van der Waals surface area contributed by atoms with E-state index in [9.17, 15) is 10.2 Å². The van der Waals surface area contributed by atoms with Crippen molar-refractivity contribution in [3.8, 4) is 5.75 Å². The van der Waals surface area contributed by atoms with E-state index in [0.29, 0.717) is 12.1 Å². The van der Waals surface area contributed by atoms with Crippen LogP contribution in [0, 0.1) is 0 Å². The van der Waals surface area contributed by atoms with Crippen molar-refractivity contribution < 1.29 is 10.2 Å². The van der Waals surface area contributed by atoms with Gasteiger partial charge in [0.15, 0.2) is 5.75 Å². The SMILES string of the molecule is Oc1c2c(c3c4c1N=CC=4CCN=3)[C@]13C=C(Br)[C@H](O)C[C@H]1S[C@@H](C3)N2. The van der Waals surface area contributed by atoms with Crippen LogP contribution in [-0.2, 0) is 5.41 Å². The third-order valence-corrected chi connectivity index (χ3v) is 8.40. The highest BCUT2D eigenvalue weighted by Gasteiger charge is 2.56. The number of allylic oxidation sites excluding steroid dienone is 1. The first-order valence-electron chi connectivity index (χ1n) is 8.58. The number of phenolic OH excluding ortho intramolecular Hbond substituents is 1. The quantitative estimate of drug-likeness (QED) is 0.562. The molecule has 0 aromatic heterocycles. The Morgan fingerprint density at radius 3 is 3.16 bits per heavy atom. The van der Waals surface area contributed by atoms with E-state index in [4.69, 9.17) is 4.99 Å². The van der Waals surface area contributed by atoms with Gasteiger partial charge in [-0.1, -0.05) is 22.0 Å². The number of rotatable bonds is 0. The highest BCUT2D eigenvalue weighted by Crippen LogP contribution is 2.60. The molecule has 3 N–H and O–H groups in total. The molecule has 4 aliphatic heterocycles. The minimum absolute atomic E-state index is 0.204. The largest absolute Gasteiger partial charge is 0.504 e. The van der Waals surface area contributed by atoms with Crippen LogP contribution in [0.5, 0.6) is 5.75 Å². The number of benzene rings is 1. The van der Waals surface area contributed by atoms with Crippen molar-refractivity contribution in [2.45, 2.75) is 41.4 Å². The van der Waals surface area contributed by atoms with E-state index < -0.39 is 6.10 Å². The maximum absolute atomic E-state index is 11.0. The molecule has 1 aliphatic carbocycles. The zero-order valence-corrected chi connectivity index (χ0v) is 15.7. The average molecular weight is 418 g/mol. The number of hydrogen-bond donors (Lipinski definition) is 3. The molecule has 0 unspecified atom stereocenters. The summed E-state index contributed by atoms with van der Waals surface area (Å²) < 4.78 is 0.848. The van der Waals surface area contributed by atoms with Crippen molar-refractivity contribution in [1.82, 2.24) is 0 Å². The van der Waals surface area contributed by atoms with Crippen molar-refractivity contribution in [2.75, 3.05) is 11.9 Å². The van der Waals surface area contributed by atoms with E-state index in [2.05, 4.69) is 32.3 Å². The number of fused-ring (bicyclic) bond motifs is 3. The lowest BCUT2D eigenvalue weighted by Crippen LogP contribution is -2.48. The highest BCUT2D eigenvalue weighted by atomic mass is 79.9. The molecule has 4 heterocycles. The number of hydrogen-bond acceptors (Lipinski definition) is 6.